The number of carbonyl (C=O) groups is 1. The van der Waals surface area contributed by atoms with Crippen LogP contribution in [0.15, 0.2) is 54.6 Å². The maximum absolute atomic E-state index is 12.4. The van der Waals surface area contributed by atoms with E-state index in [-0.39, 0.29) is 5.91 Å². The monoisotopic (exact) mass is 388 g/mol. The number of para-hydroxylation sites is 1. The standard InChI is InChI=1S/C17H13IN2O/c1-11-15(10-12-4-2-3-5-16(12)19-11)17(21)20-14-8-6-13(18)7-9-14/h2-10H,1H3,(H,20,21). The molecular weight excluding hydrogens is 375 g/mol. The SMILES string of the molecule is Cc1nc2ccccc2cc1C(=O)Nc1ccc(I)cc1. The van der Waals surface area contributed by atoms with Crippen LogP contribution in [0.2, 0.25) is 0 Å². The number of aryl methyl sites for hydroxylation is 1. The van der Waals surface area contributed by atoms with Gasteiger partial charge in [-0.05, 0) is 65.9 Å². The number of aromatic nitrogens is 1. The van der Waals surface area contributed by atoms with E-state index in [9.17, 15) is 4.79 Å². The molecule has 104 valence electrons. The van der Waals surface area contributed by atoms with Crippen LogP contribution in [-0.4, -0.2) is 10.9 Å². The fourth-order valence-electron chi connectivity index (χ4n) is 2.17. The van der Waals surface area contributed by atoms with E-state index in [0.717, 1.165) is 25.9 Å². The summed E-state index contributed by atoms with van der Waals surface area (Å²) in [6.07, 6.45) is 0. The number of hydrogen-bond donors (Lipinski definition) is 1. The molecule has 1 aromatic heterocycles. The molecule has 1 heterocycles. The number of benzene rings is 2. The van der Waals surface area contributed by atoms with E-state index in [1.807, 2.05) is 61.5 Å². The maximum atomic E-state index is 12.4. The molecule has 3 rings (SSSR count). The number of carbonyl (C=O) groups excluding carboxylic acids is 1. The van der Waals surface area contributed by atoms with E-state index in [1.165, 1.54) is 0 Å². The molecule has 21 heavy (non-hydrogen) atoms. The zero-order valence-corrected chi connectivity index (χ0v) is 13.6. The predicted octanol–water partition coefficient (Wildman–Crippen LogP) is 4.40. The number of fused-ring (bicyclic) bond motifs is 1. The van der Waals surface area contributed by atoms with E-state index in [1.54, 1.807) is 0 Å². The lowest BCUT2D eigenvalue weighted by Crippen LogP contribution is -2.14. The van der Waals surface area contributed by atoms with Gasteiger partial charge in [0.05, 0.1) is 16.8 Å². The second-order valence-electron chi connectivity index (χ2n) is 4.78. The molecule has 0 aliphatic carbocycles. The largest absolute Gasteiger partial charge is 0.322 e. The number of pyridine rings is 1. The third-order valence-electron chi connectivity index (χ3n) is 3.26. The van der Waals surface area contributed by atoms with Gasteiger partial charge in [-0.2, -0.15) is 0 Å². The molecule has 0 unspecified atom stereocenters. The number of amides is 1. The van der Waals surface area contributed by atoms with Crippen molar-refractivity contribution >= 4 is 45.1 Å². The first kappa shape index (κ1) is 14.0. The van der Waals surface area contributed by atoms with E-state index in [0.29, 0.717) is 5.56 Å². The first-order valence-corrected chi connectivity index (χ1v) is 7.65. The van der Waals surface area contributed by atoms with Crippen LogP contribution in [0.25, 0.3) is 10.9 Å². The molecule has 3 nitrogen and oxygen atoms in total. The smallest absolute Gasteiger partial charge is 0.257 e. The molecule has 4 heteroatoms. The lowest BCUT2D eigenvalue weighted by atomic mass is 10.1. The minimum Gasteiger partial charge on any atom is -0.322 e. The van der Waals surface area contributed by atoms with Crippen molar-refractivity contribution in [2.45, 2.75) is 6.92 Å². The van der Waals surface area contributed by atoms with Crippen LogP contribution in [0.3, 0.4) is 0 Å². The molecule has 3 aromatic rings. The summed E-state index contributed by atoms with van der Waals surface area (Å²) >= 11 is 2.23. The van der Waals surface area contributed by atoms with Crippen molar-refractivity contribution in [1.82, 2.24) is 4.98 Å². The highest BCUT2D eigenvalue weighted by Gasteiger charge is 2.11. The summed E-state index contributed by atoms with van der Waals surface area (Å²) in [5.74, 6) is -0.132. The molecule has 0 bridgehead atoms. The van der Waals surface area contributed by atoms with Gasteiger partial charge in [0.15, 0.2) is 0 Å². The van der Waals surface area contributed by atoms with Crippen LogP contribution >= 0.6 is 22.6 Å². The van der Waals surface area contributed by atoms with Crippen molar-refractivity contribution in [3.8, 4) is 0 Å². The molecule has 0 radical (unpaired) electrons. The topological polar surface area (TPSA) is 42.0 Å². The second-order valence-corrected chi connectivity index (χ2v) is 6.02. The Kier molecular flexibility index (Phi) is 3.88. The summed E-state index contributed by atoms with van der Waals surface area (Å²) < 4.78 is 1.13. The van der Waals surface area contributed by atoms with Gasteiger partial charge in [-0.15, -0.1) is 0 Å². The first-order valence-electron chi connectivity index (χ1n) is 6.57. The average molecular weight is 388 g/mol. The Labute approximate surface area is 136 Å². The Hall–Kier alpha value is -1.95. The van der Waals surface area contributed by atoms with Crippen molar-refractivity contribution in [1.29, 1.82) is 0 Å². The minimum atomic E-state index is -0.132. The van der Waals surface area contributed by atoms with Gasteiger partial charge in [0.2, 0.25) is 0 Å². The average Bonchev–Trinajstić information content (AvgIpc) is 2.49. The number of rotatable bonds is 2. The first-order chi connectivity index (χ1) is 10.1. The fourth-order valence-corrected chi connectivity index (χ4v) is 2.53. The number of hydrogen-bond acceptors (Lipinski definition) is 2. The summed E-state index contributed by atoms with van der Waals surface area (Å²) in [7, 11) is 0. The normalized spacial score (nSPS) is 10.6. The molecule has 0 atom stereocenters. The quantitative estimate of drug-likeness (QED) is 0.662. The Morgan fingerprint density at radius 2 is 1.81 bits per heavy atom. The molecule has 0 fully saturated rings. The molecular formula is C17H13IN2O. The third-order valence-corrected chi connectivity index (χ3v) is 3.98. The maximum Gasteiger partial charge on any atom is 0.257 e. The molecule has 0 aliphatic rings. The fraction of sp³-hybridized carbons (Fsp3) is 0.0588. The molecule has 2 aromatic carbocycles. The molecule has 1 amide bonds. The van der Waals surface area contributed by atoms with Gasteiger partial charge in [0, 0.05) is 14.6 Å². The van der Waals surface area contributed by atoms with Crippen molar-refractivity contribution < 1.29 is 4.79 Å². The lowest BCUT2D eigenvalue weighted by molar-refractivity contribution is 0.102. The van der Waals surface area contributed by atoms with Crippen LogP contribution < -0.4 is 5.32 Å². The van der Waals surface area contributed by atoms with Crippen LogP contribution in [0, 0.1) is 10.5 Å². The number of nitrogens with one attached hydrogen (secondary N) is 1. The minimum absolute atomic E-state index is 0.132. The molecule has 0 saturated carbocycles. The van der Waals surface area contributed by atoms with Crippen molar-refractivity contribution in [3.05, 3.63) is 69.4 Å². The van der Waals surface area contributed by atoms with Gasteiger partial charge < -0.3 is 5.32 Å². The van der Waals surface area contributed by atoms with E-state index in [2.05, 4.69) is 32.9 Å². The molecule has 0 aliphatic heterocycles. The predicted molar refractivity (Wildman–Crippen MR) is 93.6 cm³/mol. The zero-order valence-electron chi connectivity index (χ0n) is 11.4. The lowest BCUT2D eigenvalue weighted by Gasteiger charge is -2.09. The Morgan fingerprint density at radius 3 is 2.57 bits per heavy atom. The summed E-state index contributed by atoms with van der Waals surface area (Å²) in [6, 6.07) is 17.4. The highest BCUT2D eigenvalue weighted by Crippen LogP contribution is 2.18. The Morgan fingerprint density at radius 1 is 1.10 bits per heavy atom. The second kappa shape index (κ2) is 5.81. The van der Waals surface area contributed by atoms with Gasteiger partial charge in [-0.3, -0.25) is 9.78 Å². The van der Waals surface area contributed by atoms with E-state index in [4.69, 9.17) is 0 Å². The van der Waals surface area contributed by atoms with Gasteiger partial charge in [-0.25, -0.2) is 0 Å². The molecule has 0 spiro atoms. The number of nitrogens with zero attached hydrogens (tertiary/aromatic N) is 1. The summed E-state index contributed by atoms with van der Waals surface area (Å²) in [5, 5.41) is 3.88. The van der Waals surface area contributed by atoms with Crippen LogP contribution in [0.4, 0.5) is 5.69 Å². The van der Waals surface area contributed by atoms with Crippen molar-refractivity contribution in [3.63, 3.8) is 0 Å². The van der Waals surface area contributed by atoms with Crippen LogP contribution in [0.1, 0.15) is 16.1 Å². The number of halogens is 1. The summed E-state index contributed by atoms with van der Waals surface area (Å²) in [5.41, 5.74) is 3.03. The van der Waals surface area contributed by atoms with Gasteiger partial charge in [0.1, 0.15) is 0 Å². The Bertz CT molecular complexity index is 813. The van der Waals surface area contributed by atoms with Crippen molar-refractivity contribution in [2.24, 2.45) is 0 Å². The number of anilines is 1. The van der Waals surface area contributed by atoms with Crippen LogP contribution in [-0.2, 0) is 0 Å². The summed E-state index contributed by atoms with van der Waals surface area (Å²) in [6.45, 7) is 1.86. The molecule has 1 N–H and O–H groups in total. The Balaban J connectivity index is 1.93. The third kappa shape index (κ3) is 3.05. The zero-order chi connectivity index (χ0) is 14.8. The van der Waals surface area contributed by atoms with Gasteiger partial charge in [-0.1, -0.05) is 18.2 Å². The highest BCUT2D eigenvalue weighted by atomic mass is 127. The van der Waals surface area contributed by atoms with E-state index < -0.39 is 0 Å². The molecule has 0 saturated heterocycles. The highest BCUT2D eigenvalue weighted by molar-refractivity contribution is 14.1. The van der Waals surface area contributed by atoms with Gasteiger partial charge >= 0.3 is 0 Å². The van der Waals surface area contributed by atoms with Gasteiger partial charge in [0.25, 0.3) is 5.91 Å². The van der Waals surface area contributed by atoms with E-state index >= 15 is 0 Å². The van der Waals surface area contributed by atoms with Crippen molar-refractivity contribution in [2.75, 3.05) is 5.32 Å². The summed E-state index contributed by atoms with van der Waals surface area (Å²) in [4.78, 5) is 16.9. The van der Waals surface area contributed by atoms with Crippen LogP contribution in [0.5, 0.6) is 0 Å².